The Morgan fingerprint density at radius 1 is 1.15 bits per heavy atom. The highest BCUT2D eigenvalue weighted by atomic mass is 16.1. The summed E-state index contributed by atoms with van der Waals surface area (Å²) in [6.45, 7) is 8.38. The Labute approximate surface area is 82.9 Å². The molecule has 78 valence electrons. The first kappa shape index (κ1) is 12.7. The summed E-state index contributed by atoms with van der Waals surface area (Å²) in [5, 5.41) is 0. The minimum absolute atomic E-state index is 0.331. The SMILES string of the molecule is CCC(CC)CCC(C)CC(C)=O. The molecule has 13 heavy (non-hydrogen) atoms. The molecule has 0 amide bonds. The first-order valence-electron chi connectivity index (χ1n) is 5.59. The molecule has 1 unspecified atom stereocenters. The summed E-state index contributed by atoms with van der Waals surface area (Å²) in [7, 11) is 0. The molecule has 0 heterocycles. The summed E-state index contributed by atoms with van der Waals surface area (Å²) >= 11 is 0. The van der Waals surface area contributed by atoms with E-state index in [1.54, 1.807) is 6.92 Å². The third kappa shape index (κ3) is 6.80. The van der Waals surface area contributed by atoms with Crippen LogP contribution in [0.25, 0.3) is 0 Å². The van der Waals surface area contributed by atoms with Crippen LogP contribution >= 0.6 is 0 Å². The first-order chi connectivity index (χ1) is 6.10. The number of ketones is 1. The van der Waals surface area contributed by atoms with Gasteiger partial charge in [0.15, 0.2) is 0 Å². The molecule has 0 bridgehead atoms. The molecule has 1 nitrogen and oxygen atoms in total. The van der Waals surface area contributed by atoms with E-state index in [-0.39, 0.29) is 0 Å². The van der Waals surface area contributed by atoms with Gasteiger partial charge >= 0.3 is 0 Å². The average molecular weight is 184 g/mol. The average Bonchev–Trinajstić information content (AvgIpc) is 2.05. The number of carbonyl (C=O) groups is 1. The zero-order chi connectivity index (χ0) is 10.3. The molecule has 0 spiro atoms. The standard InChI is InChI=1S/C12H24O/c1-5-12(6-2)8-7-10(3)9-11(4)13/h10,12H,5-9H2,1-4H3. The minimum Gasteiger partial charge on any atom is -0.300 e. The van der Waals surface area contributed by atoms with Crippen molar-refractivity contribution in [2.24, 2.45) is 11.8 Å². The summed E-state index contributed by atoms with van der Waals surface area (Å²) in [6.07, 6.45) is 5.83. The molecule has 0 aliphatic rings. The molecule has 0 saturated heterocycles. The Kier molecular flexibility index (Phi) is 6.93. The lowest BCUT2D eigenvalue weighted by Gasteiger charge is -2.15. The molecule has 1 heteroatoms. The summed E-state index contributed by atoms with van der Waals surface area (Å²) in [4.78, 5) is 10.8. The molecular weight excluding hydrogens is 160 g/mol. The zero-order valence-electron chi connectivity index (χ0n) is 9.60. The number of rotatable bonds is 7. The molecule has 0 radical (unpaired) electrons. The third-order valence-electron chi connectivity index (χ3n) is 2.86. The molecule has 0 aliphatic carbocycles. The Bertz CT molecular complexity index is 136. The van der Waals surface area contributed by atoms with E-state index in [9.17, 15) is 4.79 Å². The highest BCUT2D eigenvalue weighted by Crippen LogP contribution is 2.20. The quantitative estimate of drug-likeness (QED) is 0.588. The van der Waals surface area contributed by atoms with E-state index in [0.29, 0.717) is 11.7 Å². The largest absolute Gasteiger partial charge is 0.300 e. The first-order valence-corrected chi connectivity index (χ1v) is 5.59. The smallest absolute Gasteiger partial charge is 0.130 e. The molecule has 0 fully saturated rings. The highest BCUT2D eigenvalue weighted by Gasteiger charge is 2.08. The molecule has 0 saturated carbocycles. The second-order valence-electron chi connectivity index (χ2n) is 4.27. The monoisotopic (exact) mass is 184 g/mol. The molecular formula is C12H24O. The van der Waals surface area contributed by atoms with Crippen molar-refractivity contribution in [1.82, 2.24) is 0 Å². The van der Waals surface area contributed by atoms with E-state index >= 15 is 0 Å². The molecule has 0 aromatic rings. The second kappa shape index (κ2) is 7.11. The van der Waals surface area contributed by atoms with Crippen LogP contribution < -0.4 is 0 Å². The van der Waals surface area contributed by atoms with Crippen molar-refractivity contribution in [2.75, 3.05) is 0 Å². The molecule has 0 aliphatic heterocycles. The fourth-order valence-corrected chi connectivity index (χ4v) is 1.81. The fourth-order valence-electron chi connectivity index (χ4n) is 1.81. The van der Waals surface area contributed by atoms with E-state index in [1.807, 2.05) is 0 Å². The van der Waals surface area contributed by atoms with Gasteiger partial charge in [-0.3, -0.25) is 0 Å². The summed E-state index contributed by atoms with van der Waals surface area (Å²) in [6, 6.07) is 0. The van der Waals surface area contributed by atoms with Gasteiger partial charge in [-0.15, -0.1) is 0 Å². The number of Topliss-reactive ketones (excluding diaryl/α,β-unsaturated/α-hetero) is 1. The normalized spacial score (nSPS) is 13.3. The topological polar surface area (TPSA) is 17.1 Å². The van der Waals surface area contributed by atoms with Crippen LogP contribution in [-0.4, -0.2) is 5.78 Å². The summed E-state index contributed by atoms with van der Waals surface area (Å²) in [5.74, 6) is 1.78. The molecule has 0 aromatic heterocycles. The van der Waals surface area contributed by atoms with Gasteiger partial charge in [-0.25, -0.2) is 0 Å². The predicted molar refractivity (Wildman–Crippen MR) is 57.8 cm³/mol. The lowest BCUT2D eigenvalue weighted by molar-refractivity contribution is -0.117. The van der Waals surface area contributed by atoms with E-state index in [4.69, 9.17) is 0 Å². The van der Waals surface area contributed by atoms with Gasteiger partial charge in [0.25, 0.3) is 0 Å². The maximum absolute atomic E-state index is 10.8. The van der Waals surface area contributed by atoms with Crippen LogP contribution in [0, 0.1) is 11.8 Å². The number of hydrogen-bond donors (Lipinski definition) is 0. The minimum atomic E-state index is 0.331. The van der Waals surface area contributed by atoms with Crippen molar-refractivity contribution in [3.8, 4) is 0 Å². The van der Waals surface area contributed by atoms with Crippen LogP contribution in [0.2, 0.25) is 0 Å². The van der Waals surface area contributed by atoms with Crippen LogP contribution in [0.15, 0.2) is 0 Å². The zero-order valence-corrected chi connectivity index (χ0v) is 9.60. The highest BCUT2D eigenvalue weighted by molar-refractivity contribution is 5.75. The summed E-state index contributed by atoms with van der Waals surface area (Å²) < 4.78 is 0. The maximum Gasteiger partial charge on any atom is 0.130 e. The van der Waals surface area contributed by atoms with Crippen molar-refractivity contribution in [3.63, 3.8) is 0 Å². The predicted octanol–water partition coefficient (Wildman–Crippen LogP) is 3.82. The van der Waals surface area contributed by atoms with Crippen molar-refractivity contribution in [2.45, 2.75) is 59.8 Å². The molecule has 0 rings (SSSR count). The molecule has 0 N–H and O–H groups in total. The van der Waals surface area contributed by atoms with Crippen molar-refractivity contribution in [3.05, 3.63) is 0 Å². The van der Waals surface area contributed by atoms with Gasteiger partial charge < -0.3 is 4.79 Å². The molecule has 0 aromatic carbocycles. The number of hydrogen-bond acceptors (Lipinski definition) is 1. The Hall–Kier alpha value is -0.330. The van der Waals surface area contributed by atoms with Crippen LogP contribution in [0.3, 0.4) is 0 Å². The second-order valence-corrected chi connectivity index (χ2v) is 4.27. The van der Waals surface area contributed by atoms with Gasteiger partial charge in [0.2, 0.25) is 0 Å². The van der Waals surface area contributed by atoms with E-state index in [0.717, 1.165) is 12.3 Å². The van der Waals surface area contributed by atoms with E-state index in [1.165, 1.54) is 25.7 Å². The lowest BCUT2D eigenvalue weighted by Crippen LogP contribution is -2.05. The Morgan fingerprint density at radius 3 is 2.08 bits per heavy atom. The van der Waals surface area contributed by atoms with Crippen molar-refractivity contribution < 1.29 is 4.79 Å². The van der Waals surface area contributed by atoms with Crippen LogP contribution in [0.5, 0.6) is 0 Å². The van der Waals surface area contributed by atoms with Gasteiger partial charge in [0.1, 0.15) is 5.78 Å². The number of carbonyl (C=O) groups excluding carboxylic acids is 1. The van der Waals surface area contributed by atoms with Crippen LogP contribution in [0.4, 0.5) is 0 Å². The maximum atomic E-state index is 10.8. The molecule has 1 atom stereocenters. The van der Waals surface area contributed by atoms with Crippen molar-refractivity contribution in [1.29, 1.82) is 0 Å². The van der Waals surface area contributed by atoms with Crippen LogP contribution in [0.1, 0.15) is 59.8 Å². The van der Waals surface area contributed by atoms with Gasteiger partial charge in [-0.2, -0.15) is 0 Å². The van der Waals surface area contributed by atoms with E-state index in [2.05, 4.69) is 20.8 Å². The van der Waals surface area contributed by atoms with Gasteiger partial charge in [-0.1, -0.05) is 46.5 Å². The van der Waals surface area contributed by atoms with Gasteiger partial charge in [-0.05, 0) is 18.8 Å². The Balaban J connectivity index is 3.55. The summed E-state index contributed by atoms with van der Waals surface area (Å²) in [5.41, 5.74) is 0. The van der Waals surface area contributed by atoms with Gasteiger partial charge in [0.05, 0.1) is 0 Å². The van der Waals surface area contributed by atoms with Crippen molar-refractivity contribution >= 4 is 5.78 Å². The van der Waals surface area contributed by atoms with Crippen LogP contribution in [-0.2, 0) is 4.79 Å². The lowest BCUT2D eigenvalue weighted by atomic mass is 9.91. The fraction of sp³-hybridized carbons (Fsp3) is 0.917. The van der Waals surface area contributed by atoms with Gasteiger partial charge in [0, 0.05) is 6.42 Å². The van der Waals surface area contributed by atoms with E-state index < -0.39 is 0 Å². The Morgan fingerprint density at radius 2 is 1.69 bits per heavy atom. The third-order valence-corrected chi connectivity index (χ3v) is 2.86.